The van der Waals surface area contributed by atoms with Crippen molar-refractivity contribution in [2.24, 2.45) is 17.8 Å². The molecule has 40 heavy (non-hydrogen) atoms. The summed E-state index contributed by atoms with van der Waals surface area (Å²) in [7, 11) is 1.53. The Morgan fingerprint density at radius 1 is 1.15 bits per heavy atom. The number of rotatable bonds is 8. The number of anilines is 1. The van der Waals surface area contributed by atoms with Crippen LogP contribution in [0, 0.1) is 17.8 Å². The highest BCUT2D eigenvalue weighted by atomic mass is 35.5. The second-order valence-corrected chi connectivity index (χ2v) is 12.3. The first kappa shape index (κ1) is 25.6. The molecule has 7 rings (SSSR count). The van der Waals surface area contributed by atoms with Gasteiger partial charge in [0.1, 0.15) is 17.2 Å². The number of carboxylic acid groups (broad SMARTS) is 1. The molecule has 2 aliphatic carbocycles. The molecule has 204 valence electrons. The van der Waals surface area contributed by atoms with Gasteiger partial charge in [-0.2, -0.15) is 0 Å². The van der Waals surface area contributed by atoms with Crippen LogP contribution in [-0.4, -0.2) is 46.4 Å². The Morgan fingerprint density at radius 3 is 2.58 bits per heavy atom. The molecule has 3 aliphatic rings. The maximum atomic E-state index is 11.5. The normalized spacial score (nSPS) is 21.7. The Labute approximate surface area is 244 Å². The lowest BCUT2D eigenvalue weighted by Gasteiger charge is -2.17. The molecule has 0 amide bonds. The summed E-state index contributed by atoms with van der Waals surface area (Å²) in [6, 6.07) is 5.02. The Bertz CT molecular complexity index is 1630. The largest absolute Gasteiger partial charge is 0.497 e. The number of fused-ring (bicyclic) bond motifs is 1. The van der Waals surface area contributed by atoms with Gasteiger partial charge in [0, 0.05) is 48.7 Å². The number of carboxylic acids is 1. The van der Waals surface area contributed by atoms with E-state index in [4.69, 9.17) is 32.5 Å². The van der Waals surface area contributed by atoms with E-state index in [1.807, 2.05) is 12.3 Å². The van der Waals surface area contributed by atoms with Crippen molar-refractivity contribution in [3.63, 3.8) is 0 Å². The zero-order valence-corrected chi connectivity index (χ0v) is 23.7. The van der Waals surface area contributed by atoms with Crippen LogP contribution < -0.4 is 9.64 Å². The Hall–Kier alpha value is -3.40. The van der Waals surface area contributed by atoms with E-state index in [-0.39, 0.29) is 5.56 Å². The minimum absolute atomic E-state index is 0.190. The second-order valence-electron chi connectivity index (χ2n) is 10.5. The zero-order chi connectivity index (χ0) is 27.5. The van der Waals surface area contributed by atoms with Crippen molar-refractivity contribution in [2.75, 3.05) is 25.1 Å². The number of thiazole rings is 1. The number of carbonyl (C=O) groups is 1. The number of allylic oxidation sites excluding steroid dienone is 1. The Balaban J connectivity index is 1.07. The summed E-state index contributed by atoms with van der Waals surface area (Å²) < 4.78 is 11.1. The molecule has 8 nitrogen and oxygen atoms in total. The van der Waals surface area contributed by atoms with Crippen LogP contribution in [0.15, 0.2) is 47.4 Å². The van der Waals surface area contributed by atoms with E-state index in [1.165, 1.54) is 13.2 Å². The van der Waals surface area contributed by atoms with E-state index in [1.54, 1.807) is 29.8 Å². The average Bonchev–Trinajstić information content (AvgIpc) is 3.68. The van der Waals surface area contributed by atoms with Crippen LogP contribution in [0.3, 0.4) is 0 Å². The third-order valence-corrected chi connectivity index (χ3v) is 9.66. The first-order valence-electron chi connectivity index (χ1n) is 13.0. The predicted molar refractivity (Wildman–Crippen MR) is 155 cm³/mol. The first-order chi connectivity index (χ1) is 19.4. The van der Waals surface area contributed by atoms with Gasteiger partial charge in [0.05, 0.1) is 27.6 Å². The third kappa shape index (κ3) is 4.56. The number of halogens is 2. The van der Waals surface area contributed by atoms with Crippen molar-refractivity contribution in [3.8, 4) is 27.4 Å². The van der Waals surface area contributed by atoms with Gasteiger partial charge in [0.15, 0.2) is 5.13 Å². The predicted octanol–water partition coefficient (Wildman–Crippen LogP) is 7.15. The van der Waals surface area contributed by atoms with Crippen molar-refractivity contribution in [1.29, 1.82) is 0 Å². The highest BCUT2D eigenvalue weighted by Gasteiger charge is 2.54. The standard InChI is InChI=1S/C29H24Cl2N4O4S/c1-38-17-7-15(6-16(8-17)28(36)37)24-11-33-29(40-24)35-12-20-18(21(20)13-35)4-5-19-26(34-39-27(19)14-2-3-14)25-22(30)9-32-10-23(25)31/h4-11,14,18,20-21H,2-3,12-13H2,1H3,(H,36,37)/b5-4+. The van der Waals surface area contributed by atoms with Crippen LogP contribution in [0.2, 0.25) is 10.0 Å². The molecule has 4 aromatic rings. The summed E-state index contributed by atoms with van der Waals surface area (Å²) in [5.41, 5.74) is 3.26. The van der Waals surface area contributed by atoms with E-state index in [2.05, 4.69) is 32.2 Å². The summed E-state index contributed by atoms with van der Waals surface area (Å²) in [6.45, 7) is 1.86. The fraction of sp³-hybridized carbons (Fsp3) is 0.310. The van der Waals surface area contributed by atoms with Gasteiger partial charge in [-0.25, -0.2) is 9.78 Å². The number of aromatic nitrogens is 3. The van der Waals surface area contributed by atoms with Crippen LogP contribution in [-0.2, 0) is 0 Å². The summed E-state index contributed by atoms with van der Waals surface area (Å²) in [5, 5.41) is 15.7. The number of ether oxygens (including phenoxy) is 1. The second kappa shape index (κ2) is 9.90. The Kier molecular flexibility index (Phi) is 6.33. The van der Waals surface area contributed by atoms with Gasteiger partial charge in [0.2, 0.25) is 0 Å². The number of pyridine rings is 1. The molecule has 1 N–H and O–H groups in total. The van der Waals surface area contributed by atoms with Crippen molar-refractivity contribution < 1.29 is 19.2 Å². The number of aromatic carboxylic acids is 1. The van der Waals surface area contributed by atoms with Gasteiger partial charge in [-0.15, -0.1) is 0 Å². The Morgan fingerprint density at radius 2 is 1.90 bits per heavy atom. The summed E-state index contributed by atoms with van der Waals surface area (Å²) in [5.74, 6) is 2.41. The van der Waals surface area contributed by atoms with Gasteiger partial charge in [-0.05, 0) is 54.4 Å². The number of hydrogen-bond acceptors (Lipinski definition) is 8. The van der Waals surface area contributed by atoms with E-state index >= 15 is 0 Å². The molecule has 2 unspecified atom stereocenters. The van der Waals surface area contributed by atoms with Crippen LogP contribution >= 0.6 is 34.5 Å². The van der Waals surface area contributed by atoms with Crippen LogP contribution in [0.5, 0.6) is 5.75 Å². The molecule has 0 radical (unpaired) electrons. The molecule has 0 spiro atoms. The lowest BCUT2D eigenvalue weighted by Crippen LogP contribution is -2.23. The fourth-order valence-corrected chi connectivity index (χ4v) is 7.14. The molecule has 1 aromatic carbocycles. The van der Waals surface area contributed by atoms with Gasteiger partial charge in [-0.1, -0.05) is 51.8 Å². The zero-order valence-electron chi connectivity index (χ0n) is 21.4. The molecule has 3 fully saturated rings. The highest BCUT2D eigenvalue weighted by molar-refractivity contribution is 7.18. The number of nitrogens with zero attached hydrogens (tertiary/aromatic N) is 4. The number of methoxy groups -OCH3 is 1. The molecule has 1 aliphatic heterocycles. The quantitative estimate of drug-likeness (QED) is 0.229. The minimum atomic E-state index is -0.988. The monoisotopic (exact) mass is 594 g/mol. The molecule has 1 saturated heterocycles. The molecular weight excluding hydrogens is 571 g/mol. The van der Waals surface area contributed by atoms with E-state index in [9.17, 15) is 9.90 Å². The van der Waals surface area contributed by atoms with E-state index < -0.39 is 5.97 Å². The van der Waals surface area contributed by atoms with Gasteiger partial charge in [-0.3, -0.25) is 4.98 Å². The van der Waals surface area contributed by atoms with Crippen molar-refractivity contribution in [3.05, 3.63) is 69.8 Å². The minimum Gasteiger partial charge on any atom is -0.497 e. The summed E-state index contributed by atoms with van der Waals surface area (Å²) in [4.78, 5) is 23.5. The summed E-state index contributed by atoms with van der Waals surface area (Å²) in [6.07, 6.45) is 11.6. The van der Waals surface area contributed by atoms with Crippen LogP contribution in [0.25, 0.3) is 27.8 Å². The number of benzene rings is 1. The van der Waals surface area contributed by atoms with E-state index in [0.29, 0.717) is 50.7 Å². The SMILES string of the molecule is COc1cc(C(=O)O)cc(-c2cnc(N3CC4C(/C=C/c5c(-c6c(Cl)cncc6Cl)noc5C5CC5)C4C3)s2)c1. The van der Waals surface area contributed by atoms with Gasteiger partial charge in [0.25, 0.3) is 0 Å². The third-order valence-electron chi connectivity index (χ3n) is 7.98. The maximum Gasteiger partial charge on any atom is 0.335 e. The van der Waals surface area contributed by atoms with E-state index in [0.717, 1.165) is 52.8 Å². The maximum absolute atomic E-state index is 11.5. The molecule has 2 saturated carbocycles. The van der Waals surface area contributed by atoms with Gasteiger partial charge >= 0.3 is 5.97 Å². The highest BCUT2D eigenvalue weighted by Crippen LogP contribution is 2.55. The number of hydrogen-bond donors (Lipinski definition) is 1. The van der Waals surface area contributed by atoms with Crippen molar-refractivity contribution in [2.45, 2.75) is 18.8 Å². The number of piperidine rings is 1. The van der Waals surface area contributed by atoms with Crippen molar-refractivity contribution in [1.82, 2.24) is 15.1 Å². The topological polar surface area (TPSA) is 102 Å². The van der Waals surface area contributed by atoms with Crippen LogP contribution in [0.4, 0.5) is 5.13 Å². The molecule has 2 atom stereocenters. The fourth-order valence-electron chi connectivity index (χ4n) is 5.68. The molecule has 4 heterocycles. The van der Waals surface area contributed by atoms with Gasteiger partial charge < -0.3 is 19.3 Å². The smallest absolute Gasteiger partial charge is 0.335 e. The first-order valence-corrected chi connectivity index (χ1v) is 14.6. The lowest BCUT2D eigenvalue weighted by molar-refractivity contribution is 0.0696. The average molecular weight is 596 g/mol. The molecule has 3 aromatic heterocycles. The molecular formula is C29H24Cl2N4O4S. The molecule has 11 heteroatoms. The van der Waals surface area contributed by atoms with Crippen LogP contribution in [0.1, 0.15) is 40.4 Å². The molecule has 0 bridgehead atoms. The lowest BCUT2D eigenvalue weighted by atomic mass is 10.0. The van der Waals surface area contributed by atoms with Crippen molar-refractivity contribution >= 4 is 51.7 Å². The summed E-state index contributed by atoms with van der Waals surface area (Å²) >= 11 is 14.5.